The molecule has 0 aliphatic carbocycles. The maximum absolute atomic E-state index is 11.8. The topological polar surface area (TPSA) is 68.4 Å². The van der Waals surface area contributed by atoms with Gasteiger partial charge in [-0.15, -0.1) is 0 Å². The van der Waals surface area contributed by atoms with Crippen molar-refractivity contribution in [3.63, 3.8) is 0 Å². The predicted octanol–water partition coefficient (Wildman–Crippen LogP) is 1.01. The molecule has 16 heavy (non-hydrogen) atoms. The van der Waals surface area contributed by atoms with Crippen LogP contribution in [0.15, 0.2) is 18.3 Å². The molecular formula is C9H11F3N2O2. The van der Waals surface area contributed by atoms with Crippen LogP contribution in [0.3, 0.4) is 0 Å². The number of aliphatic hydroxyl groups excluding tert-OH is 1. The third-order valence-electron chi connectivity index (χ3n) is 1.77. The highest BCUT2D eigenvalue weighted by atomic mass is 19.4. The van der Waals surface area contributed by atoms with Gasteiger partial charge >= 0.3 is 6.18 Å². The van der Waals surface area contributed by atoms with Crippen LogP contribution in [0.5, 0.6) is 5.88 Å². The highest BCUT2D eigenvalue weighted by Crippen LogP contribution is 2.19. The van der Waals surface area contributed by atoms with Crippen molar-refractivity contribution in [1.29, 1.82) is 0 Å². The number of rotatable bonds is 4. The lowest BCUT2D eigenvalue weighted by molar-refractivity contribution is -0.154. The second kappa shape index (κ2) is 5.13. The molecule has 0 aliphatic heterocycles. The van der Waals surface area contributed by atoms with Crippen LogP contribution in [0.4, 0.5) is 13.2 Å². The molecule has 1 atom stereocenters. The Morgan fingerprint density at radius 3 is 2.75 bits per heavy atom. The van der Waals surface area contributed by atoms with Gasteiger partial charge in [-0.2, -0.15) is 13.2 Å². The fourth-order valence-electron chi connectivity index (χ4n) is 0.996. The van der Waals surface area contributed by atoms with Gasteiger partial charge in [-0.1, -0.05) is 0 Å². The molecule has 0 bridgehead atoms. The summed E-state index contributed by atoms with van der Waals surface area (Å²) in [6, 6.07) is 2.12. The average molecular weight is 236 g/mol. The number of nitrogens with two attached hydrogens (primary N) is 1. The summed E-state index contributed by atoms with van der Waals surface area (Å²) in [6.07, 6.45) is -3.13. The molecule has 0 amide bonds. The van der Waals surface area contributed by atoms with Gasteiger partial charge in [0.2, 0.25) is 5.88 Å². The minimum atomic E-state index is -4.41. The fraction of sp³-hybridized carbons (Fsp3) is 0.444. The van der Waals surface area contributed by atoms with Crippen molar-refractivity contribution in [3.05, 3.63) is 23.9 Å². The Morgan fingerprint density at radius 1 is 1.50 bits per heavy atom. The first-order valence-corrected chi connectivity index (χ1v) is 4.44. The maximum atomic E-state index is 11.8. The Balaban J connectivity index is 2.68. The van der Waals surface area contributed by atoms with Crippen LogP contribution >= 0.6 is 0 Å². The van der Waals surface area contributed by atoms with Crippen LogP contribution in [0, 0.1) is 0 Å². The molecule has 4 nitrogen and oxygen atoms in total. The molecule has 1 aromatic heterocycles. The van der Waals surface area contributed by atoms with E-state index in [-0.39, 0.29) is 12.5 Å². The van der Waals surface area contributed by atoms with E-state index in [9.17, 15) is 13.2 Å². The Kier molecular flexibility index (Phi) is 4.08. The van der Waals surface area contributed by atoms with Crippen LogP contribution in [0.25, 0.3) is 0 Å². The van der Waals surface area contributed by atoms with Crippen LogP contribution < -0.4 is 10.5 Å². The number of halogens is 3. The lowest BCUT2D eigenvalue weighted by atomic mass is 10.1. The summed E-state index contributed by atoms with van der Waals surface area (Å²) in [4.78, 5) is 3.60. The smallest absolute Gasteiger partial charge is 0.422 e. The van der Waals surface area contributed by atoms with Crippen LogP contribution in [0.2, 0.25) is 0 Å². The van der Waals surface area contributed by atoms with E-state index in [0.29, 0.717) is 5.56 Å². The van der Waals surface area contributed by atoms with Gasteiger partial charge in [0.25, 0.3) is 0 Å². The SMILES string of the molecule is NC(CO)c1ccnc(OCC(F)(F)F)c1. The molecule has 0 spiro atoms. The number of ether oxygens (including phenoxy) is 1. The van der Waals surface area contributed by atoms with Crippen molar-refractivity contribution >= 4 is 0 Å². The summed E-state index contributed by atoms with van der Waals surface area (Å²) < 4.78 is 40.0. The molecule has 3 N–H and O–H groups in total. The summed E-state index contributed by atoms with van der Waals surface area (Å²) >= 11 is 0. The lowest BCUT2D eigenvalue weighted by Gasteiger charge is -2.11. The zero-order valence-electron chi connectivity index (χ0n) is 8.24. The van der Waals surface area contributed by atoms with Crippen LogP contribution in [0.1, 0.15) is 11.6 Å². The highest BCUT2D eigenvalue weighted by Gasteiger charge is 2.28. The molecule has 0 saturated carbocycles. The van der Waals surface area contributed by atoms with Gasteiger partial charge in [0.1, 0.15) is 0 Å². The minimum absolute atomic E-state index is 0.168. The molecule has 0 radical (unpaired) electrons. The number of hydrogen-bond acceptors (Lipinski definition) is 4. The second-order valence-corrected chi connectivity index (χ2v) is 3.12. The van der Waals surface area contributed by atoms with Crippen molar-refractivity contribution in [2.24, 2.45) is 5.73 Å². The number of nitrogens with zero attached hydrogens (tertiary/aromatic N) is 1. The number of alkyl halides is 3. The summed E-state index contributed by atoms with van der Waals surface area (Å²) in [5.74, 6) is -0.168. The van der Waals surface area contributed by atoms with Crippen LogP contribution in [-0.4, -0.2) is 29.5 Å². The van der Waals surface area contributed by atoms with E-state index in [1.807, 2.05) is 0 Å². The quantitative estimate of drug-likeness (QED) is 0.818. The van der Waals surface area contributed by atoms with Crippen molar-refractivity contribution in [2.75, 3.05) is 13.2 Å². The molecule has 1 heterocycles. The lowest BCUT2D eigenvalue weighted by Crippen LogP contribution is -2.20. The number of aliphatic hydroxyl groups is 1. The predicted molar refractivity (Wildman–Crippen MR) is 49.8 cm³/mol. The van der Waals surface area contributed by atoms with Gasteiger partial charge in [0.05, 0.1) is 12.6 Å². The molecule has 1 rings (SSSR count). The normalized spacial score (nSPS) is 13.6. The molecular weight excluding hydrogens is 225 g/mol. The van der Waals surface area contributed by atoms with Gasteiger partial charge in [0.15, 0.2) is 6.61 Å². The fourth-order valence-corrected chi connectivity index (χ4v) is 0.996. The molecule has 1 unspecified atom stereocenters. The summed E-state index contributed by atoms with van der Waals surface area (Å²) in [5.41, 5.74) is 5.96. The third-order valence-corrected chi connectivity index (χ3v) is 1.77. The zero-order chi connectivity index (χ0) is 12.2. The van der Waals surface area contributed by atoms with E-state index >= 15 is 0 Å². The van der Waals surface area contributed by atoms with Crippen molar-refractivity contribution in [2.45, 2.75) is 12.2 Å². The highest BCUT2D eigenvalue weighted by molar-refractivity contribution is 5.23. The Bertz CT molecular complexity index is 344. The second-order valence-electron chi connectivity index (χ2n) is 3.12. The molecule has 90 valence electrons. The Morgan fingerprint density at radius 2 is 2.19 bits per heavy atom. The summed E-state index contributed by atoms with van der Waals surface area (Å²) in [5, 5.41) is 8.77. The molecule has 7 heteroatoms. The molecule has 0 aromatic carbocycles. The summed E-state index contributed by atoms with van der Waals surface area (Å²) in [6.45, 7) is -1.71. The van der Waals surface area contributed by atoms with Gasteiger partial charge < -0.3 is 15.6 Å². The summed E-state index contributed by atoms with van der Waals surface area (Å²) in [7, 11) is 0. The van der Waals surface area contributed by atoms with Crippen molar-refractivity contribution < 1.29 is 23.0 Å². The average Bonchev–Trinajstić information content (AvgIpc) is 2.25. The van der Waals surface area contributed by atoms with Gasteiger partial charge in [0, 0.05) is 12.3 Å². The largest absolute Gasteiger partial charge is 0.468 e. The third kappa shape index (κ3) is 4.03. The molecule has 0 saturated heterocycles. The molecule has 0 aliphatic rings. The minimum Gasteiger partial charge on any atom is -0.468 e. The van der Waals surface area contributed by atoms with Gasteiger partial charge in [-0.25, -0.2) is 4.98 Å². The van der Waals surface area contributed by atoms with E-state index in [1.165, 1.54) is 18.3 Å². The number of hydrogen-bond donors (Lipinski definition) is 2. The van der Waals surface area contributed by atoms with E-state index in [2.05, 4.69) is 9.72 Å². The van der Waals surface area contributed by atoms with Crippen molar-refractivity contribution in [3.8, 4) is 5.88 Å². The first-order chi connectivity index (χ1) is 7.42. The Labute approximate surface area is 89.9 Å². The van der Waals surface area contributed by atoms with Gasteiger partial charge in [-0.3, -0.25) is 0 Å². The zero-order valence-corrected chi connectivity index (χ0v) is 8.24. The van der Waals surface area contributed by atoms with E-state index < -0.39 is 18.8 Å². The number of pyridine rings is 1. The number of aromatic nitrogens is 1. The van der Waals surface area contributed by atoms with Crippen LogP contribution in [-0.2, 0) is 0 Å². The van der Waals surface area contributed by atoms with E-state index in [1.54, 1.807) is 0 Å². The van der Waals surface area contributed by atoms with E-state index in [4.69, 9.17) is 10.8 Å². The maximum Gasteiger partial charge on any atom is 0.422 e. The van der Waals surface area contributed by atoms with Gasteiger partial charge in [-0.05, 0) is 11.6 Å². The Hall–Kier alpha value is -1.34. The molecule has 0 fully saturated rings. The molecule has 1 aromatic rings. The first kappa shape index (κ1) is 12.7. The standard InChI is InChI=1S/C9H11F3N2O2/c10-9(11,12)5-16-8-3-6(1-2-14-8)7(13)4-15/h1-3,7,15H,4-5,13H2. The van der Waals surface area contributed by atoms with E-state index in [0.717, 1.165) is 0 Å². The van der Waals surface area contributed by atoms with Crippen molar-refractivity contribution in [1.82, 2.24) is 4.98 Å². The first-order valence-electron chi connectivity index (χ1n) is 4.44. The monoisotopic (exact) mass is 236 g/mol.